The molecule has 0 heterocycles. The molecule has 160 valence electrons. The van der Waals surface area contributed by atoms with Crippen LogP contribution in [0.15, 0.2) is 36.4 Å². The maximum absolute atomic E-state index is 13.8. The predicted molar refractivity (Wildman–Crippen MR) is 117 cm³/mol. The Morgan fingerprint density at radius 2 is 1.83 bits per heavy atom. The third-order valence-corrected chi connectivity index (χ3v) is 5.03. The van der Waals surface area contributed by atoms with E-state index in [0.29, 0.717) is 35.2 Å². The lowest BCUT2D eigenvalue weighted by Crippen LogP contribution is -2.27. The fourth-order valence-corrected chi connectivity index (χ4v) is 3.38. The molecule has 0 spiro atoms. The highest BCUT2D eigenvalue weighted by molar-refractivity contribution is 6.32. The number of hydrogen-bond acceptors (Lipinski definition) is 4. The molecule has 0 saturated heterocycles. The fraction of sp³-hybridized carbons (Fsp3) is 0.478. The van der Waals surface area contributed by atoms with Crippen LogP contribution in [0.3, 0.4) is 0 Å². The van der Waals surface area contributed by atoms with Gasteiger partial charge in [0.05, 0.1) is 11.6 Å². The van der Waals surface area contributed by atoms with Gasteiger partial charge in [-0.25, -0.2) is 4.39 Å². The Kier molecular flexibility index (Phi) is 10.3. The largest absolute Gasteiger partial charge is 0.490 e. The van der Waals surface area contributed by atoms with Crippen molar-refractivity contribution in [2.45, 2.75) is 40.3 Å². The van der Waals surface area contributed by atoms with E-state index in [1.807, 2.05) is 19.1 Å². The van der Waals surface area contributed by atoms with Crippen LogP contribution in [0.5, 0.6) is 11.5 Å². The Balaban J connectivity index is 1.97. The summed E-state index contributed by atoms with van der Waals surface area (Å²) in [6.07, 6.45) is 1.09. The number of ether oxygens (including phenoxy) is 2. The summed E-state index contributed by atoms with van der Waals surface area (Å²) < 4.78 is 25.4. The van der Waals surface area contributed by atoms with Crippen molar-refractivity contribution < 1.29 is 13.9 Å². The summed E-state index contributed by atoms with van der Waals surface area (Å²) in [7, 11) is 0. The Morgan fingerprint density at radius 1 is 1.07 bits per heavy atom. The van der Waals surface area contributed by atoms with E-state index in [1.165, 1.54) is 6.07 Å². The van der Waals surface area contributed by atoms with E-state index in [1.54, 1.807) is 18.2 Å². The Bertz CT molecular complexity index is 754. The van der Waals surface area contributed by atoms with Crippen LogP contribution in [0.4, 0.5) is 4.39 Å². The predicted octanol–water partition coefficient (Wildman–Crippen LogP) is 5.28. The summed E-state index contributed by atoms with van der Waals surface area (Å²) in [5.74, 6) is 0.727. The maximum atomic E-state index is 13.8. The minimum Gasteiger partial charge on any atom is -0.490 e. The Morgan fingerprint density at radius 3 is 2.52 bits per heavy atom. The number of rotatable bonds is 13. The first-order valence-electron chi connectivity index (χ1n) is 10.3. The molecule has 0 aliphatic carbocycles. The zero-order chi connectivity index (χ0) is 21.1. The molecule has 0 atom stereocenters. The van der Waals surface area contributed by atoms with Gasteiger partial charge in [0.15, 0.2) is 11.5 Å². The summed E-state index contributed by atoms with van der Waals surface area (Å²) in [6.45, 7) is 11.8. The molecule has 0 aliphatic heterocycles. The second kappa shape index (κ2) is 12.7. The minimum absolute atomic E-state index is 0.0927. The van der Waals surface area contributed by atoms with Crippen LogP contribution in [-0.4, -0.2) is 37.7 Å². The van der Waals surface area contributed by atoms with Crippen molar-refractivity contribution in [3.05, 3.63) is 58.4 Å². The van der Waals surface area contributed by atoms with Gasteiger partial charge in [-0.2, -0.15) is 0 Å². The quantitative estimate of drug-likeness (QED) is 0.445. The zero-order valence-electron chi connectivity index (χ0n) is 17.6. The van der Waals surface area contributed by atoms with Crippen LogP contribution in [-0.2, 0) is 13.2 Å². The van der Waals surface area contributed by atoms with E-state index in [9.17, 15) is 4.39 Å². The molecule has 0 aromatic heterocycles. The smallest absolute Gasteiger partial charge is 0.180 e. The highest BCUT2D eigenvalue weighted by atomic mass is 35.5. The summed E-state index contributed by atoms with van der Waals surface area (Å²) in [5.41, 5.74) is 1.50. The molecule has 0 fully saturated rings. The molecule has 0 radical (unpaired) electrons. The summed E-state index contributed by atoms with van der Waals surface area (Å²) in [5, 5.41) is 3.92. The van der Waals surface area contributed by atoms with E-state index in [4.69, 9.17) is 21.1 Å². The first kappa shape index (κ1) is 23.5. The maximum Gasteiger partial charge on any atom is 0.180 e. The molecular formula is C23H32ClFN2O2. The van der Waals surface area contributed by atoms with E-state index < -0.39 is 0 Å². The third kappa shape index (κ3) is 7.50. The Labute approximate surface area is 179 Å². The third-order valence-electron chi connectivity index (χ3n) is 4.75. The first-order chi connectivity index (χ1) is 14.1. The molecule has 4 nitrogen and oxygen atoms in total. The molecule has 29 heavy (non-hydrogen) atoms. The van der Waals surface area contributed by atoms with Gasteiger partial charge in [-0.3, -0.25) is 0 Å². The molecule has 2 rings (SSSR count). The molecule has 6 heteroatoms. The topological polar surface area (TPSA) is 33.7 Å². The van der Waals surface area contributed by atoms with Crippen molar-refractivity contribution in [3.63, 3.8) is 0 Å². The molecule has 2 aromatic rings. The molecule has 1 N–H and O–H groups in total. The van der Waals surface area contributed by atoms with Crippen molar-refractivity contribution in [3.8, 4) is 11.5 Å². The molecule has 0 aliphatic rings. The SMILES string of the molecule is CCOc1cc(CNCCCN(CC)CC)cc(Cl)c1OCc1ccccc1F. The normalized spacial score (nSPS) is 11.1. The summed E-state index contributed by atoms with van der Waals surface area (Å²) in [6, 6.07) is 10.4. The van der Waals surface area contributed by atoms with E-state index in [-0.39, 0.29) is 12.4 Å². The summed E-state index contributed by atoms with van der Waals surface area (Å²) in [4.78, 5) is 2.41. The second-order valence-electron chi connectivity index (χ2n) is 6.78. The van der Waals surface area contributed by atoms with Gasteiger partial charge < -0.3 is 19.7 Å². The number of hydrogen-bond donors (Lipinski definition) is 1. The van der Waals surface area contributed by atoms with Crippen LogP contribution in [0.25, 0.3) is 0 Å². The van der Waals surface area contributed by atoms with Gasteiger partial charge in [-0.05, 0) is 63.3 Å². The molecule has 2 aromatic carbocycles. The highest BCUT2D eigenvalue weighted by Crippen LogP contribution is 2.37. The lowest BCUT2D eigenvalue weighted by molar-refractivity contribution is 0.265. The van der Waals surface area contributed by atoms with Gasteiger partial charge in [0.2, 0.25) is 0 Å². The zero-order valence-corrected chi connectivity index (χ0v) is 18.4. The standard InChI is InChI=1S/C23H32ClFN2O2/c1-4-27(5-2)13-9-12-26-16-18-14-20(24)23(22(15-18)28-6-3)29-17-19-10-7-8-11-21(19)25/h7-8,10-11,14-15,26H,4-6,9,12-13,16-17H2,1-3H3. The van der Waals surface area contributed by atoms with Gasteiger partial charge in [-0.15, -0.1) is 0 Å². The Hall–Kier alpha value is -1.82. The summed E-state index contributed by atoms with van der Waals surface area (Å²) >= 11 is 6.46. The van der Waals surface area contributed by atoms with Gasteiger partial charge in [-0.1, -0.05) is 43.6 Å². The molecule has 0 amide bonds. The van der Waals surface area contributed by atoms with Crippen LogP contribution in [0, 0.1) is 5.82 Å². The van der Waals surface area contributed by atoms with Crippen molar-refractivity contribution in [1.82, 2.24) is 10.2 Å². The van der Waals surface area contributed by atoms with Crippen LogP contribution >= 0.6 is 11.6 Å². The van der Waals surface area contributed by atoms with Gasteiger partial charge in [0.1, 0.15) is 12.4 Å². The van der Waals surface area contributed by atoms with Gasteiger partial charge in [0.25, 0.3) is 0 Å². The van der Waals surface area contributed by atoms with Crippen molar-refractivity contribution >= 4 is 11.6 Å². The van der Waals surface area contributed by atoms with E-state index in [0.717, 1.165) is 38.2 Å². The first-order valence-corrected chi connectivity index (χ1v) is 10.7. The number of nitrogens with one attached hydrogen (secondary N) is 1. The molecule has 0 bridgehead atoms. The van der Waals surface area contributed by atoms with Crippen molar-refractivity contribution in [1.29, 1.82) is 0 Å². The van der Waals surface area contributed by atoms with Crippen molar-refractivity contribution in [2.24, 2.45) is 0 Å². The lowest BCUT2D eigenvalue weighted by atomic mass is 10.2. The number of benzene rings is 2. The lowest BCUT2D eigenvalue weighted by Gasteiger charge is -2.18. The van der Waals surface area contributed by atoms with Gasteiger partial charge >= 0.3 is 0 Å². The highest BCUT2D eigenvalue weighted by Gasteiger charge is 2.14. The van der Waals surface area contributed by atoms with E-state index >= 15 is 0 Å². The number of halogens is 2. The average Bonchev–Trinajstić information content (AvgIpc) is 2.71. The van der Waals surface area contributed by atoms with Crippen LogP contribution in [0.1, 0.15) is 38.3 Å². The average molecular weight is 423 g/mol. The molecule has 0 saturated carbocycles. The molecular weight excluding hydrogens is 391 g/mol. The van der Waals surface area contributed by atoms with Gasteiger partial charge in [0, 0.05) is 12.1 Å². The monoisotopic (exact) mass is 422 g/mol. The fourth-order valence-electron chi connectivity index (χ4n) is 3.09. The van der Waals surface area contributed by atoms with E-state index in [2.05, 4.69) is 24.1 Å². The second-order valence-corrected chi connectivity index (χ2v) is 7.18. The van der Waals surface area contributed by atoms with Crippen LogP contribution in [0.2, 0.25) is 5.02 Å². The number of nitrogens with zero attached hydrogens (tertiary/aromatic N) is 1. The molecule has 0 unspecified atom stereocenters. The minimum atomic E-state index is -0.299. The van der Waals surface area contributed by atoms with Crippen LogP contribution < -0.4 is 14.8 Å². The van der Waals surface area contributed by atoms with Crippen molar-refractivity contribution in [2.75, 3.05) is 32.8 Å².